The van der Waals surface area contributed by atoms with Crippen molar-refractivity contribution in [1.82, 2.24) is 16.0 Å². The highest BCUT2D eigenvalue weighted by Crippen LogP contribution is 2.24. The van der Waals surface area contributed by atoms with Crippen molar-refractivity contribution in [3.8, 4) is 0 Å². The lowest BCUT2D eigenvalue weighted by Crippen LogP contribution is -2.46. The maximum atomic E-state index is 13.9. The molecule has 1 atom stereocenters. The predicted molar refractivity (Wildman–Crippen MR) is 106 cm³/mol. The van der Waals surface area contributed by atoms with Crippen molar-refractivity contribution in [3.63, 3.8) is 0 Å². The second kappa shape index (κ2) is 9.57. The first-order valence-corrected chi connectivity index (χ1v) is 9.32. The van der Waals surface area contributed by atoms with Crippen LogP contribution in [0, 0.1) is 11.6 Å². The van der Waals surface area contributed by atoms with E-state index in [2.05, 4.69) is 20.9 Å². The Kier molecular flexibility index (Phi) is 7.42. The van der Waals surface area contributed by atoms with Crippen LogP contribution in [-0.4, -0.2) is 56.9 Å². The van der Waals surface area contributed by atoms with Gasteiger partial charge < -0.3 is 25.6 Å². The fourth-order valence-electron chi connectivity index (χ4n) is 2.88. The smallest absolute Gasteiger partial charge is 0.407 e. The molecule has 0 radical (unpaired) electrons. The van der Waals surface area contributed by atoms with Crippen molar-refractivity contribution in [2.45, 2.75) is 38.8 Å². The number of guanidine groups is 1. The fourth-order valence-corrected chi connectivity index (χ4v) is 2.88. The number of aliphatic imine (C=N–C) groups is 1. The summed E-state index contributed by atoms with van der Waals surface area (Å²) in [4.78, 5) is 17.6. The normalized spacial score (nSPS) is 17.4. The number of rotatable bonds is 5. The molecule has 7 nitrogen and oxygen atoms in total. The molecule has 1 heterocycles. The van der Waals surface area contributed by atoms with E-state index in [4.69, 9.17) is 4.74 Å². The van der Waals surface area contributed by atoms with Gasteiger partial charge in [0.05, 0.1) is 5.69 Å². The third kappa shape index (κ3) is 6.86. The number of carbonyl (C=O) groups is 1. The summed E-state index contributed by atoms with van der Waals surface area (Å²) in [6, 6.07) is 3.70. The van der Waals surface area contributed by atoms with E-state index >= 15 is 0 Å². The van der Waals surface area contributed by atoms with Gasteiger partial charge in [-0.25, -0.2) is 13.6 Å². The number of ether oxygens (including phenoxy) is 1. The van der Waals surface area contributed by atoms with Crippen LogP contribution in [0.1, 0.15) is 27.2 Å². The number of benzene rings is 1. The molecule has 1 aromatic carbocycles. The zero-order valence-corrected chi connectivity index (χ0v) is 16.8. The van der Waals surface area contributed by atoms with Gasteiger partial charge in [0.1, 0.15) is 17.2 Å². The molecule has 1 aliphatic rings. The number of hydrogen-bond acceptors (Lipinski definition) is 4. The summed E-state index contributed by atoms with van der Waals surface area (Å²) >= 11 is 0. The van der Waals surface area contributed by atoms with Crippen molar-refractivity contribution >= 4 is 17.7 Å². The molecule has 2 rings (SSSR count). The fraction of sp³-hybridized carbons (Fsp3) is 0.579. The second-order valence-electron chi connectivity index (χ2n) is 7.60. The lowest BCUT2D eigenvalue weighted by Gasteiger charge is -2.21. The molecule has 1 unspecified atom stereocenters. The largest absolute Gasteiger partial charge is 0.444 e. The zero-order chi connectivity index (χ0) is 20.7. The van der Waals surface area contributed by atoms with Crippen molar-refractivity contribution in [2.24, 2.45) is 4.99 Å². The average Bonchev–Trinajstić information content (AvgIpc) is 3.04. The van der Waals surface area contributed by atoms with E-state index in [1.807, 2.05) is 4.90 Å². The summed E-state index contributed by atoms with van der Waals surface area (Å²) in [6.07, 6.45) is 0.332. The highest BCUT2D eigenvalue weighted by atomic mass is 19.1. The molecular weight excluding hydrogens is 368 g/mol. The van der Waals surface area contributed by atoms with E-state index in [0.717, 1.165) is 12.5 Å². The number of anilines is 1. The number of alkyl carbamates (subject to hydrolysis) is 1. The minimum atomic E-state index is -0.584. The quantitative estimate of drug-likeness (QED) is 0.404. The molecule has 9 heteroatoms. The van der Waals surface area contributed by atoms with E-state index < -0.39 is 23.3 Å². The Balaban J connectivity index is 1.74. The summed E-state index contributed by atoms with van der Waals surface area (Å²) in [5, 5.41) is 9.06. The highest BCUT2D eigenvalue weighted by Gasteiger charge is 2.25. The Morgan fingerprint density at radius 1 is 1.29 bits per heavy atom. The van der Waals surface area contributed by atoms with Crippen LogP contribution >= 0.6 is 0 Å². The average molecular weight is 397 g/mol. The number of halogens is 2. The van der Waals surface area contributed by atoms with Gasteiger partial charge in [-0.3, -0.25) is 4.99 Å². The lowest BCUT2D eigenvalue weighted by molar-refractivity contribution is 0.0529. The maximum Gasteiger partial charge on any atom is 0.407 e. The summed E-state index contributed by atoms with van der Waals surface area (Å²) in [6.45, 7) is 7.52. The van der Waals surface area contributed by atoms with Crippen LogP contribution in [0.25, 0.3) is 0 Å². The van der Waals surface area contributed by atoms with Crippen molar-refractivity contribution in [1.29, 1.82) is 0 Å². The van der Waals surface area contributed by atoms with Crippen LogP contribution in [0.5, 0.6) is 0 Å². The topological polar surface area (TPSA) is 78.0 Å². The van der Waals surface area contributed by atoms with Gasteiger partial charge in [0.2, 0.25) is 0 Å². The Hall–Kier alpha value is -2.58. The Morgan fingerprint density at radius 2 is 2.00 bits per heavy atom. The molecule has 28 heavy (non-hydrogen) atoms. The van der Waals surface area contributed by atoms with Crippen molar-refractivity contribution < 1.29 is 18.3 Å². The van der Waals surface area contributed by atoms with E-state index in [0.29, 0.717) is 37.8 Å². The SMILES string of the molecule is CN=C(NCCNC(=O)OC(C)(C)C)NC1CCN(c2ccc(F)cc2F)C1. The first-order chi connectivity index (χ1) is 13.2. The summed E-state index contributed by atoms with van der Waals surface area (Å²) in [7, 11) is 1.66. The minimum absolute atomic E-state index is 0.0782. The third-order valence-corrected chi connectivity index (χ3v) is 4.09. The molecule has 1 aliphatic heterocycles. The number of nitrogens with one attached hydrogen (secondary N) is 3. The van der Waals surface area contributed by atoms with Gasteiger partial charge in [-0.1, -0.05) is 0 Å². The van der Waals surface area contributed by atoms with Crippen molar-refractivity contribution in [3.05, 3.63) is 29.8 Å². The molecule has 0 spiro atoms. The van der Waals surface area contributed by atoms with Crippen molar-refractivity contribution in [2.75, 3.05) is 38.1 Å². The van der Waals surface area contributed by atoms with Crippen LogP contribution in [-0.2, 0) is 4.74 Å². The Bertz CT molecular complexity index is 706. The van der Waals surface area contributed by atoms with E-state index in [1.165, 1.54) is 12.1 Å². The molecule has 156 valence electrons. The van der Waals surface area contributed by atoms with E-state index in [1.54, 1.807) is 27.8 Å². The minimum Gasteiger partial charge on any atom is -0.444 e. The van der Waals surface area contributed by atoms with Gasteiger partial charge in [0.25, 0.3) is 0 Å². The van der Waals surface area contributed by atoms with Crippen LogP contribution in [0.3, 0.4) is 0 Å². The summed E-state index contributed by atoms with van der Waals surface area (Å²) < 4.78 is 32.2. The second-order valence-corrected chi connectivity index (χ2v) is 7.60. The maximum absolute atomic E-state index is 13.9. The molecule has 1 saturated heterocycles. The molecule has 0 saturated carbocycles. The molecule has 0 aromatic heterocycles. The molecule has 3 N–H and O–H groups in total. The standard InChI is InChI=1S/C19H29F2N5O2/c1-19(2,3)28-18(27)24-9-8-23-17(22-4)25-14-7-10-26(12-14)16-6-5-13(20)11-15(16)21/h5-6,11,14H,7-10,12H2,1-4H3,(H,24,27)(H2,22,23,25). The van der Waals surface area contributed by atoms with Gasteiger partial charge >= 0.3 is 6.09 Å². The van der Waals surface area contributed by atoms with Crippen LogP contribution in [0.4, 0.5) is 19.3 Å². The van der Waals surface area contributed by atoms with Gasteiger partial charge in [0, 0.05) is 45.3 Å². The van der Waals surface area contributed by atoms with Crippen LogP contribution < -0.4 is 20.9 Å². The van der Waals surface area contributed by atoms with Gasteiger partial charge in [-0.05, 0) is 39.3 Å². The molecule has 0 bridgehead atoms. The number of amides is 1. The van der Waals surface area contributed by atoms with Gasteiger partial charge in [0.15, 0.2) is 5.96 Å². The molecule has 1 fully saturated rings. The highest BCUT2D eigenvalue weighted by molar-refractivity contribution is 5.80. The van der Waals surface area contributed by atoms with E-state index in [9.17, 15) is 13.6 Å². The molecule has 1 aromatic rings. The van der Waals surface area contributed by atoms with Gasteiger partial charge in [-0.15, -0.1) is 0 Å². The lowest BCUT2D eigenvalue weighted by atomic mass is 10.2. The Morgan fingerprint density at radius 3 is 2.64 bits per heavy atom. The zero-order valence-electron chi connectivity index (χ0n) is 16.8. The number of nitrogens with zero attached hydrogens (tertiary/aromatic N) is 2. The predicted octanol–water partition coefficient (Wildman–Crippen LogP) is 2.23. The monoisotopic (exact) mass is 397 g/mol. The summed E-state index contributed by atoms with van der Waals surface area (Å²) in [5.74, 6) is -0.548. The third-order valence-electron chi connectivity index (χ3n) is 4.09. The van der Waals surface area contributed by atoms with Crippen LogP contribution in [0.2, 0.25) is 0 Å². The Labute approximate surface area is 164 Å². The molecule has 0 aliphatic carbocycles. The molecule has 1 amide bonds. The molecular formula is C19H29F2N5O2. The van der Waals surface area contributed by atoms with Crippen LogP contribution in [0.15, 0.2) is 23.2 Å². The number of hydrogen-bond donors (Lipinski definition) is 3. The summed E-state index contributed by atoms with van der Waals surface area (Å²) in [5.41, 5.74) is -0.136. The van der Waals surface area contributed by atoms with Gasteiger partial charge in [-0.2, -0.15) is 0 Å². The first kappa shape index (κ1) is 21.7. The van der Waals surface area contributed by atoms with E-state index in [-0.39, 0.29) is 6.04 Å². The first-order valence-electron chi connectivity index (χ1n) is 9.32. The number of carbonyl (C=O) groups excluding carboxylic acids is 1.